The van der Waals surface area contributed by atoms with E-state index in [1.807, 2.05) is 0 Å². The number of amides is 2. The van der Waals surface area contributed by atoms with Crippen molar-refractivity contribution < 1.29 is 14.0 Å². The van der Waals surface area contributed by atoms with Crippen molar-refractivity contribution in [1.29, 1.82) is 0 Å². The molecule has 2 aromatic rings. The Morgan fingerprint density at radius 1 is 1.21 bits per heavy atom. The number of hydrazine groups is 1. The summed E-state index contributed by atoms with van der Waals surface area (Å²) >= 11 is 4.87. The molecule has 0 aliphatic rings. The van der Waals surface area contributed by atoms with E-state index >= 15 is 0 Å². The molecular weight excluding hydrogens is 332 g/mol. The Kier molecular flexibility index (Phi) is 5.35. The number of aryl methyl sites for hydroxylation is 3. The smallest absolute Gasteiger partial charge is 0.273 e. The molecule has 24 heavy (non-hydrogen) atoms. The van der Waals surface area contributed by atoms with E-state index < -0.39 is 11.8 Å². The molecule has 4 N–H and O–H groups in total. The molecule has 0 atom stereocenters. The Morgan fingerprint density at radius 2 is 1.92 bits per heavy atom. The maximum absolute atomic E-state index is 11.9. The third-order valence-electron chi connectivity index (χ3n) is 3.46. The first-order chi connectivity index (χ1) is 11.3. The molecule has 0 radical (unpaired) electrons. The number of furan rings is 1. The van der Waals surface area contributed by atoms with Crippen LogP contribution in [-0.4, -0.2) is 21.8 Å². The third kappa shape index (κ3) is 4.19. The van der Waals surface area contributed by atoms with Crippen LogP contribution in [0.3, 0.4) is 0 Å². The molecule has 2 aromatic heterocycles. The van der Waals surface area contributed by atoms with E-state index in [2.05, 4.69) is 20.8 Å². The SMILES string of the molecule is Cc1cc(C(=O)NNC(=O)CCc2c(C)[nH]c(=S)[nH]c2=O)c(C)o1. The molecule has 0 spiro atoms. The zero-order chi connectivity index (χ0) is 17.9. The lowest BCUT2D eigenvalue weighted by Gasteiger charge is -2.07. The zero-order valence-electron chi connectivity index (χ0n) is 13.5. The number of rotatable bonds is 4. The van der Waals surface area contributed by atoms with Gasteiger partial charge < -0.3 is 9.40 Å². The first-order valence-electron chi connectivity index (χ1n) is 7.26. The molecule has 0 bridgehead atoms. The van der Waals surface area contributed by atoms with Crippen molar-refractivity contribution in [3.05, 3.63) is 49.5 Å². The normalized spacial score (nSPS) is 10.5. The lowest BCUT2D eigenvalue weighted by atomic mass is 10.1. The van der Waals surface area contributed by atoms with Crippen molar-refractivity contribution in [2.75, 3.05) is 0 Å². The number of hydrogen-bond acceptors (Lipinski definition) is 5. The Bertz CT molecular complexity index is 894. The van der Waals surface area contributed by atoms with Crippen LogP contribution in [0, 0.1) is 25.5 Å². The molecule has 0 aromatic carbocycles. The van der Waals surface area contributed by atoms with Crippen LogP contribution in [0.4, 0.5) is 0 Å². The first-order valence-corrected chi connectivity index (χ1v) is 7.67. The summed E-state index contributed by atoms with van der Waals surface area (Å²) in [6, 6.07) is 1.59. The Labute approximate surface area is 142 Å². The number of carbonyl (C=O) groups excluding carboxylic acids is 2. The fourth-order valence-corrected chi connectivity index (χ4v) is 2.52. The minimum absolute atomic E-state index is 0.0399. The van der Waals surface area contributed by atoms with Crippen molar-refractivity contribution in [1.82, 2.24) is 20.8 Å². The van der Waals surface area contributed by atoms with E-state index in [0.717, 1.165) is 0 Å². The van der Waals surface area contributed by atoms with E-state index in [1.54, 1.807) is 26.8 Å². The van der Waals surface area contributed by atoms with Crippen LogP contribution in [-0.2, 0) is 11.2 Å². The quantitative estimate of drug-likeness (QED) is 0.490. The van der Waals surface area contributed by atoms with Crippen LogP contribution in [0.1, 0.15) is 39.6 Å². The van der Waals surface area contributed by atoms with E-state index in [9.17, 15) is 14.4 Å². The lowest BCUT2D eigenvalue weighted by Crippen LogP contribution is -2.42. The molecule has 128 valence electrons. The molecule has 2 rings (SSSR count). The van der Waals surface area contributed by atoms with E-state index in [0.29, 0.717) is 28.3 Å². The van der Waals surface area contributed by atoms with E-state index in [4.69, 9.17) is 16.6 Å². The molecule has 0 unspecified atom stereocenters. The van der Waals surface area contributed by atoms with Gasteiger partial charge in [0.1, 0.15) is 11.5 Å². The highest BCUT2D eigenvalue weighted by Crippen LogP contribution is 2.12. The number of carbonyl (C=O) groups is 2. The van der Waals surface area contributed by atoms with Gasteiger partial charge in [0.2, 0.25) is 5.91 Å². The maximum atomic E-state index is 11.9. The van der Waals surface area contributed by atoms with Crippen molar-refractivity contribution in [3.63, 3.8) is 0 Å². The predicted octanol–water partition coefficient (Wildman–Crippen LogP) is 1.34. The van der Waals surface area contributed by atoms with Gasteiger partial charge in [0, 0.05) is 17.7 Å². The second-order valence-electron chi connectivity index (χ2n) is 5.34. The van der Waals surface area contributed by atoms with Crippen molar-refractivity contribution in [2.24, 2.45) is 0 Å². The third-order valence-corrected chi connectivity index (χ3v) is 3.66. The molecule has 2 amide bonds. The Morgan fingerprint density at radius 3 is 2.50 bits per heavy atom. The largest absolute Gasteiger partial charge is 0.466 e. The number of hydrogen-bond donors (Lipinski definition) is 4. The van der Waals surface area contributed by atoms with Gasteiger partial charge in [-0.1, -0.05) is 0 Å². The first kappa shape index (κ1) is 17.7. The van der Waals surface area contributed by atoms with Crippen molar-refractivity contribution in [3.8, 4) is 0 Å². The fraction of sp³-hybridized carbons (Fsp3) is 0.333. The van der Waals surface area contributed by atoms with Crippen LogP contribution in [0.5, 0.6) is 0 Å². The Balaban J connectivity index is 1.90. The fourth-order valence-electron chi connectivity index (χ4n) is 2.28. The molecule has 0 saturated heterocycles. The summed E-state index contributed by atoms with van der Waals surface area (Å²) in [5, 5.41) is 0. The van der Waals surface area contributed by atoms with Gasteiger partial charge in [0.15, 0.2) is 4.77 Å². The molecule has 9 heteroatoms. The van der Waals surface area contributed by atoms with Gasteiger partial charge in [0.25, 0.3) is 11.5 Å². The summed E-state index contributed by atoms with van der Waals surface area (Å²) in [6.45, 7) is 5.11. The van der Waals surface area contributed by atoms with Gasteiger partial charge in [0.05, 0.1) is 5.56 Å². The number of aromatic nitrogens is 2. The number of H-pyrrole nitrogens is 2. The maximum Gasteiger partial charge on any atom is 0.273 e. The molecule has 8 nitrogen and oxygen atoms in total. The molecule has 0 saturated carbocycles. The average Bonchev–Trinajstić information content (AvgIpc) is 2.82. The predicted molar refractivity (Wildman–Crippen MR) is 89.1 cm³/mol. The number of aromatic amines is 2. The van der Waals surface area contributed by atoms with Crippen molar-refractivity contribution >= 4 is 24.0 Å². The van der Waals surface area contributed by atoms with Crippen LogP contribution in [0.15, 0.2) is 15.3 Å². The lowest BCUT2D eigenvalue weighted by molar-refractivity contribution is -0.121. The van der Waals surface area contributed by atoms with E-state index in [-0.39, 0.29) is 23.2 Å². The summed E-state index contributed by atoms with van der Waals surface area (Å²) in [4.78, 5) is 40.9. The average molecular weight is 350 g/mol. The van der Waals surface area contributed by atoms with Gasteiger partial charge in [-0.2, -0.15) is 0 Å². The number of nitrogens with one attached hydrogen (secondary N) is 4. The van der Waals surface area contributed by atoms with Gasteiger partial charge in [-0.3, -0.25) is 30.2 Å². The summed E-state index contributed by atoms with van der Waals surface area (Å²) in [6.07, 6.45) is 0.261. The summed E-state index contributed by atoms with van der Waals surface area (Å²) < 4.78 is 5.50. The zero-order valence-corrected chi connectivity index (χ0v) is 14.3. The second-order valence-corrected chi connectivity index (χ2v) is 5.75. The summed E-state index contributed by atoms with van der Waals surface area (Å²) in [5.74, 6) is 0.207. The minimum Gasteiger partial charge on any atom is -0.466 e. The van der Waals surface area contributed by atoms with Crippen LogP contribution in [0.25, 0.3) is 0 Å². The molecular formula is C15H18N4O4S. The second kappa shape index (κ2) is 7.26. The van der Waals surface area contributed by atoms with Crippen LogP contribution in [0.2, 0.25) is 0 Å². The Hall–Kier alpha value is -2.68. The van der Waals surface area contributed by atoms with E-state index in [1.165, 1.54) is 0 Å². The molecule has 0 aliphatic heterocycles. The molecule has 0 aliphatic carbocycles. The van der Waals surface area contributed by atoms with Gasteiger partial charge >= 0.3 is 0 Å². The standard InChI is InChI=1S/C15H18N4O4S/c1-7-6-11(9(3)23-7)14(22)19-18-12(20)5-4-10-8(2)16-15(24)17-13(10)21/h6H,4-5H2,1-3H3,(H,18,20)(H,19,22)(H2,16,17,21,24). The minimum atomic E-state index is -0.462. The highest BCUT2D eigenvalue weighted by atomic mass is 32.1. The van der Waals surface area contributed by atoms with Gasteiger partial charge in [-0.15, -0.1) is 0 Å². The molecule has 0 fully saturated rings. The highest BCUT2D eigenvalue weighted by Gasteiger charge is 2.14. The molecule has 2 heterocycles. The topological polar surface area (TPSA) is 120 Å². The van der Waals surface area contributed by atoms with Crippen molar-refractivity contribution in [2.45, 2.75) is 33.6 Å². The highest BCUT2D eigenvalue weighted by molar-refractivity contribution is 7.71. The van der Waals surface area contributed by atoms with Gasteiger partial charge in [-0.05, 0) is 45.5 Å². The monoisotopic (exact) mass is 350 g/mol. The van der Waals surface area contributed by atoms with Gasteiger partial charge in [-0.25, -0.2) is 0 Å². The summed E-state index contributed by atoms with van der Waals surface area (Å²) in [7, 11) is 0. The van der Waals surface area contributed by atoms with Crippen LogP contribution >= 0.6 is 12.2 Å². The van der Waals surface area contributed by atoms with Crippen LogP contribution < -0.4 is 16.4 Å². The summed E-state index contributed by atoms with van der Waals surface area (Å²) in [5.41, 5.74) is 5.74.